The molecule has 9 heteroatoms. The van der Waals surface area contributed by atoms with Crippen molar-refractivity contribution in [3.05, 3.63) is 48.5 Å². The van der Waals surface area contributed by atoms with E-state index in [1.807, 2.05) is 53.4 Å². The molecule has 2 aromatic carbocycles. The van der Waals surface area contributed by atoms with Gasteiger partial charge < -0.3 is 24.2 Å². The lowest BCUT2D eigenvalue weighted by Gasteiger charge is -2.68. The maximum atomic E-state index is 11.1. The minimum absolute atomic E-state index is 0.419. The first-order chi connectivity index (χ1) is 19.0. The number of benzene rings is 2. The van der Waals surface area contributed by atoms with Gasteiger partial charge in [-0.3, -0.25) is 0 Å². The van der Waals surface area contributed by atoms with Crippen LogP contribution >= 0.6 is 12.2 Å². The molecule has 2 bridgehead atoms. The lowest BCUT2D eigenvalue weighted by atomic mass is 9.42. The van der Waals surface area contributed by atoms with Gasteiger partial charge in [0.15, 0.2) is 0 Å². The molecule has 39 heavy (non-hydrogen) atoms. The number of fused-ring (bicyclic) bond motifs is 2. The van der Waals surface area contributed by atoms with Gasteiger partial charge in [-0.05, 0) is 61.4 Å². The van der Waals surface area contributed by atoms with Crippen molar-refractivity contribution in [3.63, 3.8) is 0 Å². The van der Waals surface area contributed by atoms with Gasteiger partial charge in [-0.1, -0.05) is 31.5 Å². The summed E-state index contributed by atoms with van der Waals surface area (Å²) in [5, 5.41) is 22.2. The molecule has 6 rings (SSSR count). The van der Waals surface area contributed by atoms with Crippen LogP contribution < -0.4 is 19.3 Å². The van der Waals surface area contributed by atoms with Crippen LogP contribution in [-0.2, 0) is 0 Å². The summed E-state index contributed by atoms with van der Waals surface area (Å²) >= 11 is 6.28. The number of piperidine rings is 2. The maximum absolute atomic E-state index is 11.1. The number of thiocarbonyl (C=S) groups is 1. The fourth-order valence-corrected chi connectivity index (χ4v) is 7.90. The van der Waals surface area contributed by atoms with E-state index in [0.717, 1.165) is 60.8 Å². The number of ether oxygens (including phenoxy) is 2. The van der Waals surface area contributed by atoms with Crippen LogP contribution in [0.5, 0.6) is 11.5 Å². The molecule has 0 aromatic heterocycles. The molecule has 3 fully saturated rings. The van der Waals surface area contributed by atoms with Gasteiger partial charge in [0.25, 0.3) is 0 Å². The number of hydrogen-bond acceptors (Lipinski definition) is 8. The van der Waals surface area contributed by atoms with Gasteiger partial charge in [-0.25, -0.2) is 4.99 Å². The first-order valence-electron chi connectivity index (χ1n) is 13.4. The molecule has 0 N–H and O–H groups in total. The summed E-state index contributed by atoms with van der Waals surface area (Å²) in [6, 6.07) is 21.2. The second-order valence-electron chi connectivity index (χ2n) is 11.0. The Balaban J connectivity index is 1.49. The number of methoxy groups -OCH3 is 2. The summed E-state index contributed by atoms with van der Waals surface area (Å²) < 4.78 is 10.7. The van der Waals surface area contributed by atoms with E-state index in [1.165, 1.54) is 0 Å². The van der Waals surface area contributed by atoms with E-state index in [9.17, 15) is 10.5 Å². The maximum Gasteiger partial charge on any atom is 0.140 e. The van der Waals surface area contributed by atoms with Gasteiger partial charge in [0, 0.05) is 29.9 Å². The van der Waals surface area contributed by atoms with Gasteiger partial charge in [-0.15, -0.1) is 0 Å². The average Bonchev–Trinajstić information content (AvgIpc) is 3.00. The van der Waals surface area contributed by atoms with E-state index in [0.29, 0.717) is 31.4 Å². The first kappa shape index (κ1) is 25.5. The molecule has 2 atom stereocenters. The zero-order valence-corrected chi connectivity index (χ0v) is 23.2. The molecular formula is C30H32N6O2S. The van der Waals surface area contributed by atoms with Crippen LogP contribution in [0, 0.1) is 38.9 Å². The van der Waals surface area contributed by atoms with Crippen LogP contribution in [0.25, 0.3) is 0 Å². The standard InChI is InChI=1S/C30H32N6O2S/c1-37-24-10-6-22(7-11-24)34-18-28(16-31)26-33-20-35(23-8-12-25(38-2)13-9-23)21-36(26)27(39)29(17-32,19-34)30(28)14-4-3-5-15-30/h6-13H,3-5,14-15,18-21H2,1-2H3. The highest BCUT2D eigenvalue weighted by Crippen LogP contribution is 2.67. The fourth-order valence-electron chi connectivity index (χ4n) is 7.45. The van der Waals surface area contributed by atoms with Crippen LogP contribution in [0.15, 0.2) is 53.5 Å². The van der Waals surface area contributed by atoms with Crippen LogP contribution in [0.1, 0.15) is 32.1 Å². The molecule has 1 saturated carbocycles. The molecule has 2 saturated heterocycles. The van der Waals surface area contributed by atoms with Gasteiger partial charge in [0.2, 0.25) is 0 Å². The lowest BCUT2D eigenvalue weighted by molar-refractivity contribution is -0.0223. The Morgan fingerprint density at radius 1 is 0.795 bits per heavy atom. The smallest absolute Gasteiger partial charge is 0.140 e. The van der Waals surface area contributed by atoms with Crippen LogP contribution in [0.3, 0.4) is 0 Å². The number of nitriles is 2. The van der Waals surface area contributed by atoms with Crippen molar-refractivity contribution in [1.29, 1.82) is 10.5 Å². The molecule has 1 spiro atoms. The molecule has 4 aliphatic rings. The Morgan fingerprint density at radius 3 is 1.87 bits per heavy atom. The van der Waals surface area contributed by atoms with E-state index in [1.54, 1.807) is 14.2 Å². The van der Waals surface area contributed by atoms with Crippen LogP contribution in [-0.4, -0.2) is 56.4 Å². The predicted octanol–water partition coefficient (Wildman–Crippen LogP) is 4.97. The van der Waals surface area contributed by atoms with Crippen molar-refractivity contribution in [2.24, 2.45) is 21.2 Å². The topological polar surface area (TPSA) is 88.1 Å². The minimum Gasteiger partial charge on any atom is -0.497 e. The zero-order valence-electron chi connectivity index (χ0n) is 22.4. The van der Waals surface area contributed by atoms with E-state index in [-0.39, 0.29) is 0 Å². The summed E-state index contributed by atoms with van der Waals surface area (Å²) in [7, 11) is 3.29. The second kappa shape index (κ2) is 9.43. The van der Waals surface area contributed by atoms with Crippen molar-refractivity contribution in [2.75, 3.05) is 50.4 Å². The highest BCUT2D eigenvalue weighted by Gasteiger charge is 2.75. The van der Waals surface area contributed by atoms with Gasteiger partial charge in [0.05, 0.1) is 33.0 Å². The third-order valence-electron chi connectivity index (χ3n) is 9.40. The second-order valence-corrected chi connectivity index (χ2v) is 11.4. The molecule has 1 aliphatic carbocycles. The van der Waals surface area contributed by atoms with Crippen molar-refractivity contribution in [2.45, 2.75) is 32.1 Å². The predicted molar refractivity (Wildman–Crippen MR) is 154 cm³/mol. The normalized spacial score (nSPS) is 27.2. The molecule has 2 aromatic rings. The highest BCUT2D eigenvalue weighted by atomic mass is 32.1. The molecule has 2 unspecified atom stereocenters. The van der Waals surface area contributed by atoms with Crippen molar-refractivity contribution < 1.29 is 9.47 Å². The van der Waals surface area contributed by atoms with Gasteiger partial charge >= 0.3 is 0 Å². The Hall–Kier alpha value is -3.82. The first-order valence-corrected chi connectivity index (χ1v) is 13.9. The number of amidine groups is 1. The monoisotopic (exact) mass is 540 g/mol. The quantitative estimate of drug-likeness (QED) is 0.503. The molecule has 0 radical (unpaired) electrons. The zero-order chi connectivity index (χ0) is 27.3. The Labute approximate surface area is 235 Å². The molecule has 0 amide bonds. The van der Waals surface area contributed by atoms with Crippen LogP contribution in [0.2, 0.25) is 0 Å². The van der Waals surface area contributed by atoms with Gasteiger partial charge in [-0.2, -0.15) is 10.5 Å². The summed E-state index contributed by atoms with van der Waals surface area (Å²) in [5.41, 5.74) is -0.595. The number of anilines is 2. The SMILES string of the molecule is COc1ccc(N2CN=C3N(C2)C(=S)C2(C#N)CN(c4ccc(OC)cc4)CC3(C#N)C23CCCCC3)cc1. The highest BCUT2D eigenvalue weighted by molar-refractivity contribution is 7.80. The summed E-state index contributed by atoms with van der Waals surface area (Å²) in [5.74, 6) is 2.28. The molecule has 3 aliphatic heterocycles. The van der Waals surface area contributed by atoms with Crippen molar-refractivity contribution in [1.82, 2.24) is 4.90 Å². The van der Waals surface area contributed by atoms with Crippen molar-refractivity contribution >= 4 is 34.4 Å². The third kappa shape index (κ3) is 3.46. The molecular weight excluding hydrogens is 508 g/mol. The number of aliphatic imine (C=N–C) groups is 1. The lowest BCUT2D eigenvalue weighted by Crippen LogP contribution is -2.79. The summed E-state index contributed by atoms with van der Waals surface area (Å²) in [6.07, 6.45) is 4.70. The number of nitrogens with zero attached hydrogens (tertiary/aromatic N) is 6. The Bertz CT molecular complexity index is 1390. The van der Waals surface area contributed by atoms with E-state index in [2.05, 4.69) is 21.9 Å². The Kier molecular flexibility index (Phi) is 6.15. The Morgan fingerprint density at radius 2 is 1.33 bits per heavy atom. The molecule has 8 nitrogen and oxygen atoms in total. The van der Waals surface area contributed by atoms with Crippen molar-refractivity contribution in [3.8, 4) is 23.6 Å². The largest absolute Gasteiger partial charge is 0.497 e. The average molecular weight is 541 g/mol. The number of hydrogen-bond donors (Lipinski definition) is 0. The van der Waals surface area contributed by atoms with Gasteiger partial charge in [0.1, 0.15) is 39.8 Å². The number of rotatable bonds is 4. The summed E-state index contributed by atoms with van der Waals surface area (Å²) in [4.78, 5) is 12.0. The summed E-state index contributed by atoms with van der Waals surface area (Å²) in [6.45, 7) is 1.79. The molecule has 200 valence electrons. The minimum atomic E-state index is -1.00. The third-order valence-corrected chi connectivity index (χ3v) is 9.97. The molecule has 3 heterocycles. The van der Waals surface area contributed by atoms with E-state index in [4.69, 9.17) is 26.7 Å². The van der Waals surface area contributed by atoms with Crippen LogP contribution in [0.4, 0.5) is 11.4 Å². The van der Waals surface area contributed by atoms with E-state index < -0.39 is 16.2 Å². The van der Waals surface area contributed by atoms with E-state index >= 15 is 0 Å². The fraction of sp³-hybridized carbons (Fsp3) is 0.467.